The van der Waals surface area contributed by atoms with Crippen LogP contribution in [0.2, 0.25) is 0 Å². The Morgan fingerprint density at radius 2 is 1.92 bits per heavy atom. The van der Waals surface area contributed by atoms with E-state index < -0.39 is 10.0 Å². The molecule has 1 aliphatic heterocycles. The maximum absolute atomic E-state index is 12.5. The SMILES string of the molecule is Cc1cccc(NC(=O)CN2CCN(S(=O)(=O)c3cccs3)CC2)c1. The van der Waals surface area contributed by atoms with Crippen LogP contribution >= 0.6 is 11.3 Å². The number of piperazine rings is 1. The van der Waals surface area contributed by atoms with Gasteiger partial charge in [0.05, 0.1) is 6.54 Å². The van der Waals surface area contributed by atoms with E-state index in [9.17, 15) is 13.2 Å². The fourth-order valence-electron chi connectivity index (χ4n) is 2.79. The Balaban J connectivity index is 1.52. The largest absolute Gasteiger partial charge is 0.325 e. The predicted molar refractivity (Wildman–Crippen MR) is 99.3 cm³/mol. The third-order valence-electron chi connectivity index (χ3n) is 4.09. The van der Waals surface area contributed by atoms with Gasteiger partial charge in [-0.1, -0.05) is 18.2 Å². The van der Waals surface area contributed by atoms with Crippen LogP contribution in [0.15, 0.2) is 46.0 Å². The second kappa shape index (κ2) is 7.65. The first-order valence-electron chi connectivity index (χ1n) is 8.08. The van der Waals surface area contributed by atoms with Crippen molar-refractivity contribution < 1.29 is 13.2 Å². The normalized spacial score (nSPS) is 16.7. The number of aryl methyl sites for hydroxylation is 1. The van der Waals surface area contributed by atoms with Crippen molar-refractivity contribution in [2.24, 2.45) is 0 Å². The highest BCUT2D eigenvalue weighted by Gasteiger charge is 2.29. The van der Waals surface area contributed by atoms with Gasteiger partial charge in [-0.25, -0.2) is 8.42 Å². The zero-order valence-corrected chi connectivity index (χ0v) is 15.6. The van der Waals surface area contributed by atoms with Crippen molar-refractivity contribution in [2.75, 3.05) is 38.0 Å². The lowest BCUT2D eigenvalue weighted by Crippen LogP contribution is -2.50. The molecule has 1 amide bonds. The summed E-state index contributed by atoms with van der Waals surface area (Å²) in [6, 6.07) is 11.0. The third-order valence-corrected chi connectivity index (χ3v) is 7.36. The molecule has 3 rings (SSSR count). The van der Waals surface area contributed by atoms with Crippen LogP contribution in [-0.2, 0) is 14.8 Å². The zero-order chi connectivity index (χ0) is 17.9. The molecule has 1 fully saturated rings. The van der Waals surface area contributed by atoms with Crippen LogP contribution in [0.3, 0.4) is 0 Å². The molecule has 1 aliphatic rings. The summed E-state index contributed by atoms with van der Waals surface area (Å²) in [5.41, 5.74) is 1.87. The number of nitrogens with one attached hydrogen (secondary N) is 1. The molecule has 0 spiro atoms. The molecule has 1 saturated heterocycles. The number of benzene rings is 1. The molecular formula is C17H21N3O3S2. The van der Waals surface area contributed by atoms with Gasteiger partial charge in [0, 0.05) is 31.9 Å². The quantitative estimate of drug-likeness (QED) is 0.863. The number of hydrogen-bond donors (Lipinski definition) is 1. The molecule has 2 heterocycles. The first-order valence-corrected chi connectivity index (χ1v) is 10.4. The van der Waals surface area contributed by atoms with Crippen molar-refractivity contribution in [3.8, 4) is 0 Å². The molecule has 0 bridgehead atoms. The molecule has 0 atom stereocenters. The lowest BCUT2D eigenvalue weighted by Gasteiger charge is -2.33. The molecule has 0 unspecified atom stereocenters. The summed E-state index contributed by atoms with van der Waals surface area (Å²) in [6.07, 6.45) is 0. The van der Waals surface area contributed by atoms with Gasteiger partial charge in [-0.15, -0.1) is 11.3 Å². The van der Waals surface area contributed by atoms with E-state index in [-0.39, 0.29) is 12.5 Å². The van der Waals surface area contributed by atoms with Crippen molar-refractivity contribution in [3.63, 3.8) is 0 Å². The van der Waals surface area contributed by atoms with Crippen LogP contribution in [0.5, 0.6) is 0 Å². The van der Waals surface area contributed by atoms with Crippen LogP contribution in [0.4, 0.5) is 5.69 Å². The van der Waals surface area contributed by atoms with E-state index in [2.05, 4.69) is 5.32 Å². The van der Waals surface area contributed by atoms with Gasteiger partial charge < -0.3 is 5.32 Å². The molecule has 8 heteroatoms. The van der Waals surface area contributed by atoms with Gasteiger partial charge in [-0.3, -0.25) is 9.69 Å². The molecule has 1 N–H and O–H groups in total. The van der Waals surface area contributed by atoms with Crippen molar-refractivity contribution in [3.05, 3.63) is 47.3 Å². The van der Waals surface area contributed by atoms with Crippen LogP contribution in [0.25, 0.3) is 0 Å². The van der Waals surface area contributed by atoms with Gasteiger partial charge in [0.2, 0.25) is 5.91 Å². The van der Waals surface area contributed by atoms with Gasteiger partial charge in [0.1, 0.15) is 4.21 Å². The molecule has 1 aromatic heterocycles. The highest BCUT2D eigenvalue weighted by molar-refractivity contribution is 7.91. The lowest BCUT2D eigenvalue weighted by atomic mass is 10.2. The number of amides is 1. The standard InChI is InChI=1S/C17H21N3O3S2/c1-14-4-2-5-15(12-14)18-16(21)13-19-7-9-20(10-8-19)25(22,23)17-6-3-11-24-17/h2-6,11-12H,7-10,13H2,1H3,(H,18,21). The van der Waals surface area contributed by atoms with E-state index in [0.717, 1.165) is 11.3 Å². The van der Waals surface area contributed by atoms with E-state index in [1.54, 1.807) is 17.5 Å². The van der Waals surface area contributed by atoms with E-state index in [1.165, 1.54) is 15.6 Å². The number of rotatable bonds is 5. The second-order valence-electron chi connectivity index (χ2n) is 6.03. The first kappa shape index (κ1) is 18.1. The Hall–Kier alpha value is -1.74. The predicted octanol–water partition coefficient (Wildman–Crippen LogP) is 2.00. The van der Waals surface area contributed by atoms with Crippen molar-refractivity contribution >= 4 is 33.0 Å². The molecule has 0 saturated carbocycles. The zero-order valence-electron chi connectivity index (χ0n) is 14.0. The van der Waals surface area contributed by atoms with Crippen molar-refractivity contribution in [1.82, 2.24) is 9.21 Å². The average Bonchev–Trinajstić information content (AvgIpc) is 3.10. The maximum atomic E-state index is 12.5. The van der Waals surface area contributed by atoms with Crippen molar-refractivity contribution in [1.29, 1.82) is 0 Å². The van der Waals surface area contributed by atoms with Gasteiger partial charge >= 0.3 is 0 Å². The summed E-state index contributed by atoms with van der Waals surface area (Å²) in [6.45, 7) is 4.14. The number of nitrogens with zero attached hydrogens (tertiary/aromatic N) is 2. The second-order valence-corrected chi connectivity index (χ2v) is 9.14. The Morgan fingerprint density at radius 3 is 2.56 bits per heavy atom. The monoisotopic (exact) mass is 379 g/mol. The number of thiophene rings is 1. The number of carbonyl (C=O) groups is 1. The topological polar surface area (TPSA) is 69.7 Å². The average molecular weight is 380 g/mol. The first-order chi connectivity index (χ1) is 11.9. The summed E-state index contributed by atoms with van der Waals surface area (Å²) in [5, 5.41) is 4.65. The number of hydrogen-bond acceptors (Lipinski definition) is 5. The molecular weight excluding hydrogens is 358 g/mol. The highest BCUT2D eigenvalue weighted by Crippen LogP contribution is 2.22. The molecule has 134 valence electrons. The number of anilines is 1. The van der Waals surface area contributed by atoms with Crippen LogP contribution in [0, 0.1) is 6.92 Å². The number of sulfonamides is 1. The van der Waals surface area contributed by atoms with Crippen molar-refractivity contribution in [2.45, 2.75) is 11.1 Å². The summed E-state index contributed by atoms with van der Waals surface area (Å²) in [5.74, 6) is -0.0832. The Bertz CT molecular complexity index is 827. The fourth-order valence-corrected chi connectivity index (χ4v) is 5.36. The Morgan fingerprint density at radius 1 is 1.16 bits per heavy atom. The Kier molecular flexibility index (Phi) is 5.53. The van der Waals surface area contributed by atoms with E-state index >= 15 is 0 Å². The third kappa shape index (κ3) is 4.46. The summed E-state index contributed by atoms with van der Waals surface area (Å²) in [4.78, 5) is 14.2. The Labute approximate surface area is 152 Å². The molecule has 6 nitrogen and oxygen atoms in total. The van der Waals surface area contributed by atoms with E-state index in [4.69, 9.17) is 0 Å². The van der Waals surface area contributed by atoms with E-state index in [0.29, 0.717) is 30.4 Å². The minimum atomic E-state index is -3.40. The fraction of sp³-hybridized carbons (Fsp3) is 0.353. The van der Waals surface area contributed by atoms with Gasteiger partial charge in [-0.05, 0) is 36.1 Å². The summed E-state index contributed by atoms with van der Waals surface area (Å²) in [7, 11) is -3.40. The summed E-state index contributed by atoms with van der Waals surface area (Å²) >= 11 is 1.23. The van der Waals surface area contributed by atoms with E-state index in [1.807, 2.05) is 36.1 Å². The minimum Gasteiger partial charge on any atom is -0.325 e. The van der Waals surface area contributed by atoms with Crippen LogP contribution in [0.1, 0.15) is 5.56 Å². The maximum Gasteiger partial charge on any atom is 0.252 e. The van der Waals surface area contributed by atoms with Gasteiger partial charge in [0.25, 0.3) is 10.0 Å². The minimum absolute atomic E-state index is 0.0832. The lowest BCUT2D eigenvalue weighted by molar-refractivity contribution is -0.117. The molecule has 0 radical (unpaired) electrons. The molecule has 25 heavy (non-hydrogen) atoms. The smallest absolute Gasteiger partial charge is 0.252 e. The highest BCUT2D eigenvalue weighted by atomic mass is 32.2. The van der Waals surface area contributed by atoms with Gasteiger partial charge in [-0.2, -0.15) is 4.31 Å². The van der Waals surface area contributed by atoms with Crippen LogP contribution in [-0.4, -0.2) is 56.3 Å². The number of carbonyl (C=O) groups excluding carboxylic acids is 1. The molecule has 2 aromatic rings. The van der Waals surface area contributed by atoms with Crippen LogP contribution < -0.4 is 5.32 Å². The molecule has 1 aromatic carbocycles. The summed E-state index contributed by atoms with van der Waals surface area (Å²) < 4.78 is 26.8. The molecule has 0 aliphatic carbocycles. The van der Waals surface area contributed by atoms with Gasteiger partial charge in [0.15, 0.2) is 0 Å².